The van der Waals surface area contributed by atoms with Crippen LogP contribution >= 0.6 is 15.9 Å². The second-order valence-electron chi connectivity index (χ2n) is 6.32. The van der Waals surface area contributed by atoms with Gasteiger partial charge in [-0.3, -0.25) is 19.8 Å². The molecule has 0 saturated carbocycles. The molecule has 2 aromatic rings. The summed E-state index contributed by atoms with van der Waals surface area (Å²) < 4.78 is 10.6. The molecule has 1 amide bonds. The van der Waals surface area contributed by atoms with E-state index >= 15 is 0 Å². The minimum atomic E-state index is -0.674. The van der Waals surface area contributed by atoms with Gasteiger partial charge in [0.25, 0.3) is 5.91 Å². The number of halogens is 1. The molecule has 0 bridgehead atoms. The monoisotopic (exact) mass is 472 g/mol. The first-order chi connectivity index (χ1) is 14.3. The molecule has 0 unspecified atom stereocenters. The van der Waals surface area contributed by atoms with Gasteiger partial charge in [0.1, 0.15) is 0 Å². The molecule has 9 heteroatoms. The number of esters is 1. The molecule has 0 spiro atoms. The summed E-state index contributed by atoms with van der Waals surface area (Å²) >= 11 is 3.37. The van der Waals surface area contributed by atoms with Gasteiger partial charge in [-0.05, 0) is 42.8 Å². The molecule has 0 aromatic heterocycles. The van der Waals surface area contributed by atoms with E-state index in [2.05, 4.69) is 15.9 Å². The van der Waals surface area contributed by atoms with Crippen molar-refractivity contribution in [2.24, 2.45) is 0 Å². The van der Waals surface area contributed by atoms with Crippen molar-refractivity contribution in [1.82, 2.24) is 0 Å². The third-order valence-electron chi connectivity index (χ3n) is 4.57. The molecule has 3 rings (SSSR count). The topological polar surface area (TPSA) is 99.0 Å². The van der Waals surface area contributed by atoms with Crippen LogP contribution in [-0.2, 0) is 14.3 Å². The Labute approximate surface area is 180 Å². The molecule has 2 aromatic carbocycles. The number of nitro benzene ring substituents is 1. The van der Waals surface area contributed by atoms with Crippen molar-refractivity contribution in [3.8, 4) is 5.75 Å². The second kappa shape index (κ2) is 8.50. The molecular weight excluding hydrogens is 456 g/mol. The minimum Gasteiger partial charge on any atom is -0.490 e. The van der Waals surface area contributed by atoms with E-state index in [1.165, 1.54) is 37.3 Å². The SMILES string of the molecule is COC(=O)C1=C(C)N(c2cccc(Br)c2)C(=O)/C1=C\c1ccc(OC)c([N+](=O)[O-])c1. The van der Waals surface area contributed by atoms with Crippen LogP contribution in [0.25, 0.3) is 6.08 Å². The van der Waals surface area contributed by atoms with E-state index in [4.69, 9.17) is 9.47 Å². The second-order valence-corrected chi connectivity index (χ2v) is 7.23. The standard InChI is InChI=1S/C21H17BrN2O6/c1-12-19(21(26)30-3)16(20(25)23(12)15-6-4-5-14(22)11-15)9-13-7-8-18(29-2)17(10-13)24(27)28/h4-11H,1-3H3/b16-9-. The largest absolute Gasteiger partial charge is 0.490 e. The maximum Gasteiger partial charge on any atom is 0.340 e. The number of nitrogens with zero attached hydrogens (tertiary/aromatic N) is 2. The molecule has 0 saturated heterocycles. The van der Waals surface area contributed by atoms with Crippen molar-refractivity contribution in [2.75, 3.05) is 19.1 Å². The zero-order valence-electron chi connectivity index (χ0n) is 16.3. The summed E-state index contributed by atoms with van der Waals surface area (Å²) in [7, 11) is 2.56. The Kier molecular flexibility index (Phi) is 6.02. The lowest BCUT2D eigenvalue weighted by molar-refractivity contribution is -0.385. The normalized spacial score (nSPS) is 15.0. The number of amides is 1. The van der Waals surface area contributed by atoms with Gasteiger partial charge in [0, 0.05) is 16.2 Å². The predicted molar refractivity (Wildman–Crippen MR) is 114 cm³/mol. The molecular formula is C21H17BrN2O6. The maximum absolute atomic E-state index is 13.2. The smallest absolute Gasteiger partial charge is 0.340 e. The molecule has 1 aliphatic rings. The van der Waals surface area contributed by atoms with Crippen LogP contribution < -0.4 is 9.64 Å². The van der Waals surface area contributed by atoms with Gasteiger partial charge in [-0.15, -0.1) is 0 Å². The van der Waals surface area contributed by atoms with Gasteiger partial charge in [-0.2, -0.15) is 0 Å². The summed E-state index contributed by atoms with van der Waals surface area (Å²) in [4.78, 5) is 37.8. The highest BCUT2D eigenvalue weighted by atomic mass is 79.9. The van der Waals surface area contributed by atoms with E-state index in [0.717, 1.165) is 4.47 Å². The number of methoxy groups -OCH3 is 2. The van der Waals surface area contributed by atoms with Crippen molar-refractivity contribution in [2.45, 2.75) is 6.92 Å². The first-order valence-corrected chi connectivity index (χ1v) is 9.51. The van der Waals surface area contributed by atoms with Crippen LogP contribution in [0.4, 0.5) is 11.4 Å². The lowest BCUT2D eigenvalue weighted by atomic mass is 10.0. The molecule has 154 valence electrons. The summed E-state index contributed by atoms with van der Waals surface area (Å²) in [5.74, 6) is -1.02. The van der Waals surface area contributed by atoms with E-state index in [-0.39, 0.29) is 22.6 Å². The van der Waals surface area contributed by atoms with Crippen LogP contribution in [-0.4, -0.2) is 31.0 Å². The Morgan fingerprint density at radius 3 is 2.53 bits per heavy atom. The van der Waals surface area contributed by atoms with E-state index in [0.29, 0.717) is 16.9 Å². The number of ether oxygens (including phenoxy) is 2. The van der Waals surface area contributed by atoms with Crippen LogP contribution in [0.1, 0.15) is 12.5 Å². The van der Waals surface area contributed by atoms with Gasteiger partial charge < -0.3 is 9.47 Å². The third kappa shape index (κ3) is 3.84. The lowest BCUT2D eigenvalue weighted by Gasteiger charge is -2.18. The molecule has 1 aliphatic heterocycles. The number of allylic oxidation sites excluding steroid dienone is 1. The molecule has 0 radical (unpaired) electrons. The van der Waals surface area contributed by atoms with E-state index in [1.54, 1.807) is 31.2 Å². The quantitative estimate of drug-likeness (QED) is 0.279. The zero-order chi connectivity index (χ0) is 22.0. The summed E-state index contributed by atoms with van der Waals surface area (Å²) in [6.07, 6.45) is 1.43. The first kappa shape index (κ1) is 21.3. The van der Waals surface area contributed by atoms with Crippen LogP contribution in [0, 0.1) is 10.1 Å². The average molecular weight is 473 g/mol. The summed E-state index contributed by atoms with van der Waals surface area (Å²) in [5.41, 5.74) is 1.27. The van der Waals surface area contributed by atoms with Crippen molar-refractivity contribution in [3.05, 3.63) is 79.5 Å². The van der Waals surface area contributed by atoms with Gasteiger partial charge in [-0.1, -0.05) is 28.1 Å². The van der Waals surface area contributed by atoms with E-state index in [1.807, 2.05) is 6.07 Å². The van der Waals surface area contributed by atoms with Gasteiger partial charge in [-0.25, -0.2) is 4.79 Å². The number of rotatable bonds is 5. The molecule has 0 atom stereocenters. The van der Waals surface area contributed by atoms with Gasteiger partial charge in [0.15, 0.2) is 5.75 Å². The highest BCUT2D eigenvalue weighted by Gasteiger charge is 2.38. The maximum atomic E-state index is 13.2. The summed E-state index contributed by atoms with van der Waals surface area (Å²) in [6.45, 7) is 1.64. The van der Waals surface area contributed by atoms with Crippen LogP contribution in [0.2, 0.25) is 0 Å². The fourth-order valence-corrected chi connectivity index (χ4v) is 3.60. The molecule has 0 fully saturated rings. The molecule has 0 N–H and O–H groups in total. The van der Waals surface area contributed by atoms with E-state index < -0.39 is 16.8 Å². The predicted octanol–water partition coefficient (Wildman–Crippen LogP) is 4.24. The fourth-order valence-electron chi connectivity index (χ4n) is 3.21. The number of nitro groups is 1. The fraction of sp³-hybridized carbons (Fsp3) is 0.143. The molecule has 0 aliphatic carbocycles. The Morgan fingerprint density at radius 2 is 1.93 bits per heavy atom. The van der Waals surface area contributed by atoms with Crippen LogP contribution in [0.15, 0.2) is 63.8 Å². The number of hydrogen-bond donors (Lipinski definition) is 0. The first-order valence-electron chi connectivity index (χ1n) is 8.72. The van der Waals surface area contributed by atoms with Crippen LogP contribution in [0.5, 0.6) is 5.75 Å². The zero-order valence-corrected chi connectivity index (χ0v) is 17.9. The van der Waals surface area contributed by atoms with Crippen LogP contribution in [0.3, 0.4) is 0 Å². The number of benzene rings is 2. The number of carbonyl (C=O) groups is 2. The van der Waals surface area contributed by atoms with Crippen molar-refractivity contribution < 1.29 is 24.0 Å². The summed E-state index contributed by atoms with van der Waals surface area (Å²) in [5, 5.41) is 11.3. The van der Waals surface area contributed by atoms with Gasteiger partial charge >= 0.3 is 11.7 Å². The van der Waals surface area contributed by atoms with Crippen molar-refractivity contribution in [1.29, 1.82) is 0 Å². The molecule has 1 heterocycles. The highest BCUT2D eigenvalue weighted by molar-refractivity contribution is 9.10. The number of hydrogen-bond acceptors (Lipinski definition) is 6. The van der Waals surface area contributed by atoms with E-state index in [9.17, 15) is 19.7 Å². The molecule has 30 heavy (non-hydrogen) atoms. The van der Waals surface area contributed by atoms with Crippen molar-refractivity contribution >= 4 is 45.3 Å². The highest BCUT2D eigenvalue weighted by Crippen LogP contribution is 2.37. The minimum absolute atomic E-state index is 0.0822. The van der Waals surface area contributed by atoms with Crippen molar-refractivity contribution in [3.63, 3.8) is 0 Å². The Balaban J connectivity index is 2.16. The molecule has 8 nitrogen and oxygen atoms in total. The Morgan fingerprint density at radius 1 is 1.20 bits per heavy atom. The lowest BCUT2D eigenvalue weighted by Crippen LogP contribution is -2.24. The summed E-state index contributed by atoms with van der Waals surface area (Å²) in [6, 6.07) is 11.4. The van der Waals surface area contributed by atoms with Gasteiger partial charge in [0.2, 0.25) is 0 Å². The number of carbonyl (C=O) groups excluding carboxylic acids is 2. The number of anilines is 1. The Bertz CT molecular complexity index is 1120. The average Bonchev–Trinajstić information content (AvgIpc) is 2.96. The Hall–Kier alpha value is -3.46. The third-order valence-corrected chi connectivity index (χ3v) is 5.06. The van der Waals surface area contributed by atoms with Gasteiger partial charge in [0.05, 0.1) is 36.0 Å².